The molecule has 18 heteroatoms. The van der Waals surface area contributed by atoms with Crippen molar-refractivity contribution in [1.29, 1.82) is 0 Å². The highest BCUT2D eigenvalue weighted by Crippen LogP contribution is 2.55. The highest BCUT2D eigenvalue weighted by Gasteiger charge is 2.50. The standard InChI is InChI=1S/C55H66FN7O9S/c1-33(2)39-8-5-6-9-40(39)45-10-7-20-62(45)36-28-55(29-36)18-21-61(22-19-55)35-11-12-41(47(24-35)72-49-27-42-43(56)30-57-51(42)59-53(49)71-37-15-23-69-31-37)52(64)60-73(67,68)38-25-46(63(65)66)50-48(26-38)70-32-44(58-50)34-13-16-54(3,4)17-14-34/h5-6,8-9,11-12,24-27,30,33-34,36-37,44-45,58H,7,10,13-23,28-29,31-32H2,1-4H3,(H,57,59)(H,60,64)/t37-,44-,45-/m1/s1. The molecular formula is C55H66FN7O9S. The number of fused-ring (bicyclic) bond motifs is 2. The lowest BCUT2D eigenvalue weighted by Crippen LogP contribution is -2.54. The average Bonchev–Trinajstić information content (AvgIpc) is 4.15. The summed E-state index contributed by atoms with van der Waals surface area (Å²) < 4.78 is 70.1. The molecule has 6 heterocycles. The minimum atomic E-state index is -4.75. The summed E-state index contributed by atoms with van der Waals surface area (Å²) in [5.74, 6) is -0.900. The van der Waals surface area contributed by atoms with Crippen LogP contribution in [0.5, 0.6) is 23.1 Å². The number of aromatic nitrogens is 2. The lowest BCUT2D eigenvalue weighted by molar-refractivity contribution is -0.384. The zero-order valence-corrected chi connectivity index (χ0v) is 42.9. The number of piperidine rings is 1. The lowest BCUT2D eigenvalue weighted by Gasteiger charge is -2.56. The summed E-state index contributed by atoms with van der Waals surface area (Å²) >= 11 is 0. The van der Waals surface area contributed by atoms with E-state index in [0.717, 1.165) is 82.8 Å². The minimum Gasteiger partial charge on any atom is -0.489 e. The Morgan fingerprint density at radius 1 is 0.973 bits per heavy atom. The number of anilines is 2. The Bertz CT molecular complexity index is 3020. The van der Waals surface area contributed by atoms with Crippen LogP contribution in [0, 0.1) is 32.7 Å². The molecule has 2 aliphatic carbocycles. The number of nitro groups is 1. The molecule has 5 aromatic rings. The van der Waals surface area contributed by atoms with Gasteiger partial charge in [0.1, 0.15) is 29.9 Å². The first-order chi connectivity index (χ1) is 35.0. The molecule has 2 saturated carbocycles. The first kappa shape index (κ1) is 49.2. The number of likely N-dealkylation sites (tertiary alicyclic amines) is 1. The van der Waals surface area contributed by atoms with Gasteiger partial charge in [-0.15, -0.1) is 0 Å². The molecule has 0 bridgehead atoms. The van der Waals surface area contributed by atoms with Crippen LogP contribution >= 0.6 is 0 Å². The number of carbonyl (C=O) groups is 1. The second-order valence-electron chi connectivity index (χ2n) is 22.5. The van der Waals surface area contributed by atoms with Crippen LogP contribution in [0.15, 0.2) is 71.8 Å². The number of hydrogen-bond donors (Lipinski definition) is 3. The number of H-pyrrole nitrogens is 1. The molecule has 2 aromatic heterocycles. The third-order valence-electron chi connectivity index (χ3n) is 16.9. The highest BCUT2D eigenvalue weighted by atomic mass is 32.2. The van der Waals surface area contributed by atoms with Gasteiger partial charge in [0.2, 0.25) is 0 Å². The third-order valence-corrected chi connectivity index (χ3v) is 18.2. The maximum Gasteiger partial charge on any atom is 0.297 e. The van der Waals surface area contributed by atoms with Crippen molar-refractivity contribution in [3.63, 3.8) is 0 Å². The van der Waals surface area contributed by atoms with Gasteiger partial charge in [-0.25, -0.2) is 17.5 Å². The number of sulfonamides is 1. The Morgan fingerprint density at radius 2 is 1.75 bits per heavy atom. The number of rotatable bonds is 13. The fraction of sp³-hybridized carbons (Fsp3) is 0.527. The van der Waals surface area contributed by atoms with E-state index >= 15 is 4.39 Å². The largest absolute Gasteiger partial charge is 0.489 e. The summed E-state index contributed by atoms with van der Waals surface area (Å²) in [6, 6.07) is 18.3. The van der Waals surface area contributed by atoms with Gasteiger partial charge in [-0.1, -0.05) is 52.0 Å². The molecule has 11 rings (SSSR count). The molecule has 3 N–H and O–H groups in total. The fourth-order valence-corrected chi connectivity index (χ4v) is 13.6. The van der Waals surface area contributed by atoms with Crippen molar-refractivity contribution >= 4 is 44.0 Å². The van der Waals surface area contributed by atoms with Gasteiger partial charge in [-0.05, 0) is 117 Å². The van der Waals surface area contributed by atoms with Gasteiger partial charge in [-0.3, -0.25) is 19.8 Å². The first-order valence-corrected chi connectivity index (χ1v) is 27.6. The van der Waals surface area contributed by atoms with E-state index < -0.39 is 37.3 Å². The summed E-state index contributed by atoms with van der Waals surface area (Å²) in [7, 11) is -4.75. The number of amides is 1. The van der Waals surface area contributed by atoms with Crippen LogP contribution in [0.3, 0.4) is 0 Å². The fourth-order valence-electron chi connectivity index (χ4n) is 12.6. The number of nitrogens with zero attached hydrogens (tertiary/aromatic N) is 4. The van der Waals surface area contributed by atoms with Crippen LogP contribution in [0.25, 0.3) is 11.0 Å². The van der Waals surface area contributed by atoms with Gasteiger partial charge < -0.3 is 34.1 Å². The van der Waals surface area contributed by atoms with Crippen molar-refractivity contribution in [3.05, 3.63) is 99.5 Å². The number of ether oxygens (including phenoxy) is 4. The number of nitro benzene ring substituents is 1. The molecule has 0 radical (unpaired) electrons. The Balaban J connectivity index is 0.851. The van der Waals surface area contributed by atoms with E-state index in [4.69, 9.17) is 18.9 Å². The van der Waals surface area contributed by atoms with Crippen molar-refractivity contribution in [2.45, 2.75) is 133 Å². The van der Waals surface area contributed by atoms with E-state index in [9.17, 15) is 23.3 Å². The number of nitrogens with one attached hydrogen (secondary N) is 3. The van der Waals surface area contributed by atoms with Gasteiger partial charge in [0.15, 0.2) is 17.2 Å². The number of halogens is 1. The normalized spacial score (nSPS) is 23.2. The van der Waals surface area contributed by atoms with E-state index in [0.29, 0.717) is 37.6 Å². The molecule has 5 fully saturated rings. The molecule has 4 aliphatic heterocycles. The zero-order valence-electron chi connectivity index (χ0n) is 42.1. The molecular weight excluding hydrogens is 954 g/mol. The van der Waals surface area contributed by atoms with E-state index in [1.165, 1.54) is 48.4 Å². The first-order valence-electron chi connectivity index (χ1n) is 26.1. The van der Waals surface area contributed by atoms with Crippen LogP contribution in [-0.2, 0) is 14.8 Å². The SMILES string of the molecule is CC(C)c1ccccc1[C@H]1CCCN1C1CC2(CCN(c3ccc(C(=O)NS(=O)(=O)c4cc5c(c([N+](=O)[O-])c4)N[C@@H](C4CCC(C)(C)CC4)CO5)c(Oc4cc5c(F)c[nH]c5nc4O[C@@H]4CCOC4)c3)CC2)C1. The van der Waals surface area contributed by atoms with E-state index in [2.05, 4.69) is 81.8 Å². The Kier molecular flexibility index (Phi) is 13.1. The number of aromatic amines is 1. The molecule has 1 amide bonds. The van der Waals surface area contributed by atoms with E-state index in [1.54, 1.807) is 12.1 Å². The van der Waals surface area contributed by atoms with Crippen molar-refractivity contribution < 1.29 is 41.5 Å². The Morgan fingerprint density at radius 3 is 2.49 bits per heavy atom. The second-order valence-corrected chi connectivity index (χ2v) is 24.2. The topological polar surface area (TPSA) is 190 Å². The monoisotopic (exact) mass is 1020 g/mol. The summed E-state index contributed by atoms with van der Waals surface area (Å²) in [5.41, 5.74) is 3.83. The van der Waals surface area contributed by atoms with Crippen LogP contribution < -0.4 is 29.1 Å². The molecule has 3 saturated heterocycles. The molecule has 388 valence electrons. The molecule has 3 atom stereocenters. The third kappa shape index (κ3) is 9.82. The van der Waals surface area contributed by atoms with Crippen molar-refractivity contribution in [2.24, 2.45) is 16.7 Å². The number of benzene rings is 3. The van der Waals surface area contributed by atoms with Crippen molar-refractivity contribution in [1.82, 2.24) is 19.6 Å². The number of pyridine rings is 1. The molecule has 6 aliphatic rings. The number of carbonyl (C=O) groups excluding carboxylic acids is 1. The summed E-state index contributed by atoms with van der Waals surface area (Å²) in [4.78, 5) is 38.2. The molecule has 3 aromatic carbocycles. The average molecular weight is 1020 g/mol. The smallest absolute Gasteiger partial charge is 0.297 e. The maximum atomic E-state index is 15.1. The van der Waals surface area contributed by atoms with Gasteiger partial charge in [0, 0.05) is 67.7 Å². The maximum absolute atomic E-state index is 15.1. The zero-order chi connectivity index (χ0) is 50.8. The predicted molar refractivity (Wildman–Crippen MR) is 275 cm³/mol. The van der Waals surface area contributed by atoms with E-state index in [-0.39, 0.29) is 80.9 Å². The molecule has 16 nitrogen and oxygen atoms in total. The van der Waals surface area contributed by atoms with Crippen LogP contribution in [0.2, 0.25) is 0 Å². The molecule has 0 unspecified atom stereocenters. The van der Waals surface area contributed by atoms with Gasteiger partial charge >= 0.3 is 0 Å². The second kappa shape index (κ2) is 19.4. The Labute approximate surface area is 425 Å². The molecule has 73 heavy (non-hydrogen) atoms. The van der Waals surface area contributed by atoms with E-state index in [1.807, 2.05) is 0 Å². The minimum absolute atomic E-state index is 0.00602. The predicted octanol–water partition coefficient (Wildman–Crippen LogP) is 10.8. The summed E-state index contributed by atoms with van der Waals surface area (Å²) in [6.45, 7) is 12.7. The lowest BCUT2D eigenvalue weighted by atomic mass is 9.59. The van der Waals surface area contributed by atoms with Crippen LogP contribution in [0.1, 0.15) is 132 Å². The quantitative estimate of drug-likeness (QED) is 0.0747. The summed E-state index contributed by atoms with van der Waals surface area (Å²) in [6.07, 6.45) is 12.0. The number of hydrogen-bond acceptors (Lipinski definition) is 13. The van der Waals surface area contributed by atoms with Gasteiger partial charge in [-0.2, -0.15) is 4.98 Å². The summed E-state index contributed by atoms with van der Waals surface area (Å²) in [5, 5.41) is 16.0. The van der Waals surface area contributed by atoms with Crippen molar-refractivity contribution in [3.8, 4) is 23.1 Å². The van der Waals surface area contributed by atoms with Gasteiger partial charge in [0.25, 0.3) is 27.5 Å². The molecule has 1 spiro atoms. The van der Waals surface area contributed by atoms with Crippen LogP contribution in [-0.4, -0.2) is 91.8 Å². The van der Waals surface area contributed by atoms with Gasteiger partial charge in [0.05, 0.1) is 40.0 Å². The Hall–Kier alpha value is -5.98. The van der Waals surface area contributed by atoms with Crippen LogP contribution in [0.4, 0.5) is 21.5 Å². The van der Waals surface area contributed by atoms with Crippen molar-refractivity contribution in [2.75, 3.05) is 49.7 Å². The highest BCUT2D eigenvalue weighted by molar-refractivity contribution is 7.90.